The lowest BCUT2D eigenvalue weighted by atomic mass is 9.71. The van der Waals surface area contributed by atoms with Crippen molar-refractivity contribution in [2.75, 3.05) is 0 Å². The zero-order chi connectivity index (χ0) is 9.35. The Kier molecular flexibility index (Phi) is 0.792. The average molecular weight is 192 g/mol. The fourth-order valence-electron chi connectivity index (χ4n) is 6.26. The molecule has 14 heavy (non-hydrogen) atoms. The highest BCUT2D eigenvalue weighted by Crippen LogP contribution is 2.81. The van der Waals surface area contributed by atoms with E-state index in [1.54, 1.807) is 0 Å². The normalized spacial score (nSPS) is 80.3. The Morgan fingerprint density at radius 3 is 1.57 bits per heavy atom. The van der Waals surface area contributed by atoms with Crippen molar-refractivity contribution >= 4 is 5.78 Å². The molecule has 0 saturated heterocycles. The minimum absolute atomic E-state index is 0.142. The van der Waals surface area contributed by atoms with Crippen LogP contribution in [0.15, 0.2) is 0 Å². The van der Waals surface area contributed by atoms with Crippen LogP contribution in [-0.4, -0.2) is 28.2 Å². The molecule has 0 aliphatic heterocycles. The van der Waals surface area contributed by atoms with Crippen molar-refractivity contribution in [3.8, 4) is 0 Å². The van der Waals surface area contributed by atoms with Gasteiger partial charge < -0.3 is 10.2 Å². The van der Waals surface area contributed by atoms with E-state index in [4.69, 9.17) is 0 Å². The summed E-state index contributed by atoms with van der Waals surface area (Å²) in [4.78, 5) is 12.0. The molecule has 0 aromatic carbocycles. The molecular formula is C11H12O3. The molecule has 6 aliphatic carbocycles. The highest BCUT2D eigenvalue weighted by molar-refractivity contribution is 5.92. The molecule has 0 heterocycles. The van der Waals surface area contributed by atoms with Gasteiger partial charge in [0.05, 0.1) is 12.2 Å². The highest BCUT2D eigenvalue weighted by atomic mass is 16.3. The fraction of sp³-hybridized carbons (Fsp3) is 0.909. The number of carbonyl (C=O) groups excluding carboxylic acids is 1. The van der Waals surface area contributed by atoms with Gasteiger partial charge >= 0.3 is 0 Å². The molecule has 6 fully saturated rings. The van der Waals surface area contributed by atoms with E-state index in [1.807, 2.05) is 0 Å². The van der Waals surface area contributed by atoms with Crippen molar-refractivity contribution in [3.05, 3.63) is 0 Å². The zero-order valence-electron chi connectivity index (χ0n) is 7.58. The molecule has 0 amide bonds. The van der Waals surface area contributed by atoms with Crippen molar-refractivity contribution < 1.29 is 15.0 Å². The summed E-state index contributed by atoms with van der Waals surface area (Å²) in [5.74, 6) is 2.41. The van der Waals surface area contributed by atoms with Crippen LogP contribution in [0.5, 0.6) is 0 Å². The number of hydrogen-bond donors (Lipinski definition) is 2. The first-order chi connectivity index (χ1) is 6.73. The molecule has 0 aromatic heterocycles. The SMILES string of the molecule is O=C1[C@H]2[C@H]3[C@H]4[C@@H](O)[C@@H]2[C@H]2[C@H]1[C@@H]3[C@H](O)[C@@H]42. The Hall–Kier alpha value is -0.410. The Morgan fingerprint density at radius 1 is 0.714 bits per heavy atom. The van der Waals surface area contributed by atoms with Crippen LogP contribution in [-0.2, 0) is 4.79 Å². The lowest BCUT2D eigenvalue weighted by molar-refractivity contribution is -0.122. The second kappa shape index (κ2) is 1.59. The van der Waals surface area contributed by atoms with E-state index in [-0.39, 0.29) is 47.7 Å². The predicted molar refractivity (Wildman–Crippen MR) is 44.9 cm³/mol. The molecule has 0 unspecified atom stereocenters. The van der Waals surface area contributed by atoms with E-state index in [2.05, 4.69) is 0 Å². The lowest BCUT2D eigenvalue weighted by Crippen LogP contribution is -2.30. The van der Waals surface area contributed by atoms with Crippen molar-refractivity contribution in [2.24, 2.45) is 47.3 Å². The standard InChI is InChI=1S/C11H12O3/c12-9-3-1-4-7(9)2-6(3)10(13)5(1)8(2)11(4)14/h1-10,12-13H/t1-,2+,3-,4+,5-,6-,7-,8+,9-,10+/m1/s1. The summed E-state index contributed by atoms with van der Waals surface area (Å²) in [6.45, 7) is 0. The minimum atomic E-state index is -0.268. The number of aliphatic hydroxyl groups excluding tert-OH is 2. The summed E-state index contributed by atoms with van der Waals surface area (Å²) in [6, 6.07) is 0. The van der Waals surface area contributed by atoms with Crippen LogP contribution < -0.4 is 0 Å². The number of carbonyl (C=O) groups is 1. The summed E-state index contributed by atoms with van der Waals surface area (Å²) < 4.78 is 0. The Balaban J connectivity index is 1.87. The smallest absolute Gasteiger partial charge is 0.140 e. The third-order valence-corrected chi connectivity index (χ3v) is 6.12. The molecule has 0 aromatic rings. The third-order valence-electron chi connectivity index (χ3n) is 6.12. The third kappa shape index (κ3) is 0.366. The number of aliphatic hydroxyl groups is 2. The number of rotatable bonds is 0. The quantitative estimate of drug-likeness (QED) is 0.532. The Morgan fingerprint density at radius 2 is 1.14 bits per heavy atom. The molecule has 10 atom stereocenters. The first-order valence-electron chi connectivity index (χ1n) is 5.63. The molecule has 6 bridgehead atoms. The average Bonchev–Trinajstić information content (AvgIpc) is 2.86. The van der Waals surface area contributed by atoms with Crippen molar-refractivity contribution in [1.29, 1.82) is 0 Å². The molecular weight excluding hydrogens is 180 g/mol. The molecule has 0 radical (unpaired) electrons. The van der Waals surface area contributed by atoms with E-state index in [0.717, 1.165) is 0 Å². The molecule has 3 nitrogen and oxygen atoms in total. The Bertz CT molecular complexity index is 345. The van der Waals surface area contributed by atoms with Crippen LogP contribution in [0.4, 0.5) is 0 Å². The van der Waals surface area contributed by atoms with E-state index >= 15 is 0 Å². The molecule has 0 spiro atoms. The van der Waals surface area contributed by atoms with Gasteiger partial charge in [0.15, 0.2) is 0 Å². The summed E-state index contributed by atoms with van der Waals surface area (Å²) in [5.41, 5.74) is 0. The van der Waals surface area contributed by atoms with Crippen molar-refractivity contribution in [1.82, 2.24) is 0 Å². The van der Waals surface area contributed by atoms with Crippen LogP contribution in [0, 0.1) is 47.3 Å². The van der Waals surface area contributed by atoms with Gasteiger partial charge in [0.2, 0.25) is 0 Å². The lowest BCUT2D eigenvalue weighted by Gasteiger charge is -2.30. The molecule has 2 N–H and O–H groups in total. The molecule has 3 heteroatoms. The minimum Gasteiger partial charge on any atom is -0.392 e. The van der Waals surface area contributed by atoms with E-state index < -0.39 is 0 Å². The van der Waals surface area contributed by atoms with Crippen LogP contribution in [0.1, 0.15) is 0 Å². The van der Waals surface area contributed by atoms with Gasteiger partial charge in [0.1, 0.15) is 5.78 Å². The van der Waals surface area contributed by atoms with Gasteiger partial charge in [0.25, 0.3) is 0 Å². The van der Waals surface area contributed by atoms with Gasteiger partial charge in [-0.1, -0.05) is 0 Å². The van der Waals surface area contributed by atoms with Gasteiger partial charge in [-0.2, -0.15) is 0 Å². The first kappa shape index (κ1) is 6.96. The van der Waals surface area contributed by atoms with E-state index in [9.17, 15) is 15.0 Å². The summed E-state index contributed by atoms with van der Waals surface area (Å²) in [5, 5.41) is 20.2. The number of ketones is 1. The monoisotopic (exact) mass is 192 g/mol. The largest absolute Gasteiger partial charge is 0.392 e. The number of Topliss-reactive ketones (excluding diaryl/α,β-unsaturated/α-hetero) is 1. The molecule has 6 saturated carbocycles. The Labute approximate surface area is 81.1 Å². The molecule has 74 valence electrons. The van der Waals surface area contributed by atoms with Gasteiger partial charge in [0, 0.05) is 11.8 Å². The topological polar surface area (TPSA) is 57.5 Å². The van der Waals surface area contributed by atoms with Crippen LogP contribution in [0.25, 0.3) is 0 Å². The van der Waals surface area contributed by atoms with Crippen molar-refractivity contribution in [3.63, 3.8) is 0 Å². The highest BCUT2D eigenvalue weighted by Gasteiger charge is 2.86. The maximum absolute atomic E-state index is 12.0. The second-order valence-electron chi connectivity index (χ2n) is 5.90. The second-order valence-corrected chi connectivity index (χ2v) is 5.90. The maximum atomic E-state index is 12.0. The molecule has 6 rings (SSSR count). The van der Waals surface area contributed by atoms with E-state index in [0.29, 0.717) is 17.6 Å². The zero-order valence-corrected chi connectivity index (χ0v) is 7.58. The predicted octanol–water partition coefficient (Wildman–Crippen LogP) is -0.725. The summed E-state index contributed by atoms with van der Waals surface area (Å²) in [7, 11) is 0. The summed E-state index contributed by atoms with van der Waals surface area (Å²) >= 11 is 0. The van der Waals surface area contributed by atoms with Crippen LogP contribution >= 0.6 is 0 Å². The number of hydrogen-bond acceptors (Lipinski definition) is 3. The van der Waals surface area contributed by atoms with Gasteiger partial charge in [-0.3, -0.25) is 4.79 Å². The fourth-order valence-corrected chi connectivity index (χ4v) is 6.26. The van der Waals surface area contributed by atoms with E-state index in [1.165, 1.54) is 0 Å². The van der Waals surface area contributed by atoms with Gasteiger partial charge in [-0.25, -0.2) is 0 Å². The van der Waals surface area contributed by atoms with Gasteiger partial charge in [-0.15, -0.1) is 0 Å². The first-order valence-corrected chi connectivity index (χ1v) is 5.63. The van der Waals surface area contributed by atoms with Crippen molar-refractivity contribution in [2.45, 2.75) is 12.2 Å². The maximum Gasteiger partial charge on any atom is 0.140 e. The molecule has 6 aliphatic rings. The van der Waals surface area contributed by atoms with Crippen LogP contribution in [0.3, 0.4) is 0 Å². The van der Waals surface area contributed by atoms with Gasteiger partial charge in [-0.05, 0) is 35.5 Å². The van der Waals surface area contributed by atoms with Crippen LogP contribution in [0.2, 0.25) is 0 Å². The summed E-state index contributed by atoms with van der Waals surface area (Å²) in [6.07, 6.45) is -0.535.